The summed E-state index contributed by atoms with van der Waals surface area (Å²) in [6.07, 6.45) is 0.937. The topological polar surface area (TPSA) is 32.3 Å². The van der Waals surface area contributed by atoms with Crippen molar-refractivity contribution in [3.8, 4) is 0 Å². The Hall–Kier alpha value is -1.52. The van der Waals surface area contributed by atoms with Gasteiger partial charge in [-0.05, 0) is 36.8 Å². The van der Waals surface area contributed by atoms with Crippen molar-refractivity contribution < 1.29 is 4.79 Å². The van der Waals surface area contributed by atoms with Gasteiger partial charge >= 0.3 is 0 Å². The predicted octanol–water partition coefficient (Wildman–Crippen LogP) is 4.43. The van der Waals surface area contributed by atoms with E-state index >= 15 is 0 Å². The summed E-state index contributed by atoms with van der Waals surface area (Å²) in [5.41, 5.74) is 1.64. The zero-order chi connectivity index (χ0) is 15.5. The van der Waals surface area contributed by atoms with Gasteiger partial charge in [0.15, 0.2) is 0 Å². The molecule has 1 heterocycles. The highest BCUT2D eigenvalue weighted by atomic mass is 79.9. The fraction of sp³-hybridized carbons (Fsp3) is 0.235. The number of likely N-dealkylation sites (tertiary alicyclic amines) is 1. The van der Waals surface area contributed by atoms with Crippen molar-refractivity contribution >= 4 is 39.1 Å². The molecule has 22 heavy (non-hydrogen) atoms. The van der Waals surface area contributed by atoms with Crippen LogP contribution in [-0.2, 0) is 0 Å². The van der Waals surface area contributed by atoms with Gasteiger partial charge in [0.05, 0.1) is 10.6 Å². The lowest BCUT2D eigenvalue weighted by atomic mass is 10.2. The summed E-state index contributed by atoms with van der Waals surface area (Å²) < 4.78 is 0.860. The maximum Gasteiger partial charge on any atom is 0.255 e. The first-order valence-electron chi connectivity index (χ1n) is 7.19. The van der Waals surface area contributed by atoms with E-state index in [1.807, 2.05) is 41.3 Å². The van der Waals surface area contributed by atoms with Crippen molar-refractivity contribution in [3.05, 3.63) is 63.6 Å². The molecule has 0 aliphatic carbocycles. The summed E-state index contributed by atoms with van der Waals surface area (Å²) in [6, 6.07) is 15.7. The highest BCUT2D eigenvalue weighted by Crippen LogP contribution is 2.24. The minimum atomic E-state index is -0.0105. The van der Waals surface area contributed by atoms with Gasteiger partial charge in [-0.3, -0.25) is 4.79 Å². The average Bonchev–Trinajstić information content (AvgIpc) is 2.98. The molecule has 0 spiro atoms. The van der Waals surface area contributed by atoms with E-state index in [0.717, 1.165) is 23.1 Å². The Morgan fingerprint density at radius 2 is 2.00 bits per heavy atom. The summed E-state index contributed by atoms with van der Waals surface area (Å²) >= 11 is 9.54. The smallest absolute Gasteiger partial charge is 0.255 e. The maximum absolute atomic E-state index is 12.6. The van der Waals surface area contributed by atoms with Crippen LogP contribution in [0.1, 0.15) is 16.8 Å². The van der Waals surface area contributed by atoms with Crippen LogP contribution < -0.4 is 5.32 Å². The Bertz CT molecular complexity index is 678. The molecular weight excluding hydrogens is 364 g/mol. The van der Waals surface area contributed by atoms with Crippen LogP contribution in [-0.4, -0.2) is 29.9 Å². The van der Waals surface area contributed by atoms with Gasteiger partial charge in [-0.2, -0.15) is 0 Å². The van der Waals surface area contributed by atoms with E-state index in [4.69, 9.17) is 11.6 Å². The van der Waals surface area contributed by atoms with Gasteiger partial charge in [-0.15, -0.1) is 0 Å². The molecule has 1 amide bonds. The normalized spacial score (nSPS) is 17.5. The molecule has 3 nitrogen and oxygen atoms in total. The van der Waals surface area contributed by atoms with Gasteiger partial charge in [0.25, 0.3) is 5.91 Å². The lowest BCUT2D eigenvalue weighted by molar-refractivity contribution is 0.0791. The second-order valence-electron chi connectivity index (χ2n) is 5.37. The van der Waals surface area contributed by atoms with E-state index in [1.54, 1.807) is 12.1 Å². The molecule has 0 saturated carbocycles. The SMILES string of the molecule is O=C(c1cc(Br)ccc1Cl)N1CCC(Nc2ccccc2)C1. The number of hydrogen-bond donors (Lipinski definition) is 1. The van der Waals surface area contributed by atoms with E-state index in [0.29, 0.717) is 17.1 Å². The van der Waals surface area contributed by atoms with Crippen molar-refractivity contribution in [1.29, 1.82) is 0 Å². The number of halogens is 2. The number of nitrogens with one attached hydrogen (secondary N) is 1. The highest BCUT2D eigenvalue weighted by Gasteiger charge is 2.28. The van der Waals surface area contributed by atoms with Crippen LogP contribution in [0.15, 0.2) is 53.0 Å². The third kappa shape index (κ3) is 3.45. The van der Waals surface area contributed by atoms with Crippen LogP contribution in [0.2, 0.25) is 5.02 Å². The number of carbonyl (C=O) groups is 1. The molecule has 1 unspecified atom stereocenters. The van der Waals surface area contributed by atoms with Crippen LogP contribution in [0.4, 0.5) is 5.69 Å². The van der Waals surface area contributed by atoms with Gasteiger partial charge in [-0.1, -0.05) is 45.7 Å². The molecule has 1 fully saturated rings. The fourth-order valence-electron chi connectivity index (χ4n) is 2.66. The molecule has 1 saturated heterocycles. The van der Waals surface area contributed by atoms with Gasteiger partial charge in [-0.25, -0.2) is 0 Å². The zero-order valence-corrected chi connectivity index (χ0v) is 14.3. The van der Waals surface area contributed by atoms with Gasteiger partial charge in [0.2, 0.25) is 0 Å². The number of para-hydroxylation sites is 1. The van der Waals surface area contributed by atoms with Crippen molar-refractivity contribution in [2.24, 2.45) is 0 Å². The molecule has 1 aliphatic rings. The van der Waals surface area contributed by atoms with Crippen molar-refractivity contribution in [2.75, 3.05) is 18.4 Å². The number of benzene rings is 2. The van der Waals surface area contributed by atoms with E-state index < -0.39 is 0 Å². The fourth-order valence-corrected chi connectivity index (χ4v) is 3.22. The first-order chi connectivity index (χ1) is 10.6. The van der Waals surface area contributed by atoms with E-state index in [9.17, 15) is 4.79 Å². The highest BCUT2D eigenvalue weighted by molar-refractivity contribution is 9.10. The monoisotopic (exact) mass is 378 g/mol. The summed E-state index contributed by atoms with van der Waals surface area (Å²) in [5.74, 6) is -0.0105. The lowest BCUT2D eigenvalue weighted by Gasteiger charge is -2.18. The molecule has 0 radical (unpaired) electrons. The largest absolute Gasteiger partial charge is 0.380 e. The molecule has 0 aromatic heterocycles. The second kappa shape index (κ2) is 6.71. The number of anilines is 1. The van der Waals surface area contributed by atoms with Crippen LogP contribution in [0, 0.1) is 0 Å². The molecule has 2 aromatic carbocycles. The molecule has 2 aromatic rings. The lowest BCUT2D eigenvalue weighted by Crippen LogP contribution is -2.31. The summed E-state index contributed by atoms with van der Waals surface area (Å²) in [6.45, 7) is 1.43. The first-order valence-corrected chi connectivity index (χ1v) is 8.36. The molecular formula is C17H16BrClN2O. The van der Waals surface area contributed by atoms with Crippen molar-refractivity contribution in [1.82, 2.24) is 4.90 Å². The zero-order valence-electron chi connectivity index (χ0n) is 11.9. The van der Waals surface area contributed by atoms with Gasteiger partial charge in [0, 0.05) is 29.3 Å². The van der Waals surface area contributed by atoms with Crippen LogP contribution >= 0.6 is 27.5 Å². The number of hydrogen-bond acceptors (Lipinski definition) is 2. The van der Waals surface area contributed by atoms with E-state index in [1.165, 1.54) is 0 Å². The standard InChI is InChI=1S/C17H16BrClN2O/c18-12-6-7-16(19)15(10-12)17(22)21-9-8-14(11-21)20-13-4-2-1-3-5-13/h1-7,10,14,20H,8-9,11H2. The van der Waals surface area contributed by atoms with Crippen molar-refractivity contribution in [2.45, 2.75) is 12.5 Å². The number of carbonyl (C=O) groups excluding carboxylic acids is 1. The third-order valence-electron chi connectivity index (χ3n) is 3.78. The Morgan fingerprint density at radius 3 is 2.77 bits per heavy atom. The van der Waals surface area contributed by atoms with E-state index in [-0.39, 0.29) is 11.9 Å². The Morgan fingerprint density at radius 1 is 1.23 bits per heavy atom. The number of amides is 1. The molecule has 1 aliphatic heterocycles. The minimum absolute atomic E-state index is 0.0105. The molecule has 1 atom stereocenters. The Balaban J connectivity index is 1.67. The molecule has 1 N–H and O–H groups in total. The van der Waals surface area contributed by atoms with Crippen LogP contribution in [0.5, 0.6) is 0 Å². The minimum Gasteiger partial charge on any atom is -0.380 e. The van der Waals surface area contributed by atoms with Crippen molar-refractivity contribution in [3.63, 3.8) is 0 Å². The summed E-state index contributed by atoms with van der Waals surface area (Å²) in [7, 11) is 0. The van der Waals surface area contributed by atoms with Gasteiger partial charge in [0.1, 0.15) is 0 Å². The average molecular weight is 380 g/mol. The molecule has 3 rings (SSSR count). The second-order valence-corrected chi connectivity index (χ2v) is 6.69. The predicted molar refractivity (Wildman–Crippen MR) is 93.5 cm³/mol. The Labute approximate surface area is 143 Å². The maximum atomic E-state index is 12.6. The van der Waals surface area contributed by atoms with Crippen LogP contribution in [0.25, 0.3) is 0 Å². The summed E-state index contributed by atoms with van der Waals surface area (Å²) in [5, 5.41) is 3.96. The molecule has 114 valence electrons. The molecule has 5 heteroatoms. The van der Waals surface area contributed by atoms with Crippen LogP contribution in [0.3, 0.4) is 0 Å². The number of rotatable bonds is 3. The van der Waals surface area contributed by atoms with E-state index in [2.05, 4.69) is 21.2 Å². The Kier molecular flexibility index (Phi) is 4.69. The first kappa shape index (κ1) is 15.4. The van der Waals surface area contributed by atoms with Gasteiger partial charge < -0.3 is 10.2 Å². The number of nitrogens with zero attached hydrogens (tertiary/aromatic N) is 1. The quantitative estimate of drug-likeness (QED) is 0.855. The summed E-state index contributed by atoms with van der Waals surface area (Å²) in [4.78, 5) is 14.5. The third-order valence-corrected chi connectivity index (χ3v) is 4.60. The molecule has 0 bridgehead atoms.